The second-order valence-electron chi connectivity index (χ2n) is 4.11. The number of carboxylic acid groups (broad SMARTS) is 1. The van der Waals surface area contributed by atoms with Gasteiger partial charge >= 0.3 is 5.97 Å². The van der Waals surface area contributed by atoms with Gasteiger partial charge in [0, 0.05) is 25.3 Å². The number of nitrogens with one attached hydrogen (secondary N) is 2. The van der Waals surface area contributed by atoms with Gasteiger partial charge in [0.2, 0.25) is 0 Å². The molecule has 1 unspecified atom stereocenters. The van der Waals surface area contributed by atoms with Crippen LogP contribution in [0.4, 0.5) is 0 Å². The molecule has 1 atom stereocenters. The minimum atomic E-state index is -1.03. The highest BCUT2D eigenvalue weighted by Gasteiger charge is 2.21. The normalized spacial score (nSPS) is 12.3. The van der Waals surface area contributed by atoms with Crippen LogP contribution in [0, 0.1) is 0 Å². The van der Waals surface area contributed by atoms with E-state index in [9.17, 15) is 9.90 Å². The number of carbonyl (C=O) groups is 1. The van der Waals surface area contributed by atoms with Gasteiger partial charge < -0.3 is 20.6 Å². The lowest BCUT2D eigenvalue weighted by molar-refractivity contribution is -0.139. The molecule has 0 aliphatic rings. The molecule has 0 spiro atoms. The van der Waals surface area contributed by atoms with Crippen molar-refractivity contribution >= 4 is 5.97 Å². The molecule has 1 aromatic carbocycles. The standard InChI is InChI=1S/C13H20N2O4/c16-9-3-6-14-7-8-15-12(13(18)19)10-4-1-2-5-11(10)17/h1-2,4-5,12,14-17H,3,6-9H2,(H,18,19). The van der Waals surface area contributed by atoms with Gasteiger partial charge in [-0.05, 0) is 19.0 Å². The van der Waals surface area contributed by atoms with Crippen molar-refractivity contribution in [3.8, 4) is 5.75 Å². The molecule has 0 aromatic heterocycles. The minimum Gasteiger partial charge on any atom is -0.508 e. The number of rotatable bonds is 9. The largest absolute Gasteiger partial charge is 0.508 e. The lowest BCUT2D eigenvalue weighted by atomic mass is 10.1. The van der Waals surface area contributed by atoms with E-state index < -0.39 is 12.0 Å². The van der Waals surface area contributed by atoms with Crippen LogP contribution in [0.2, 0.25) is 0 Å². The van der Waals surface area contributed by atoms with E-state index in [1.165, 1.54) is 6.07 Å². The van der Waals surface area contributed by atoms with Crippen molar-refractivity contribution in [3.63, 3.8) is 0 Å². The fourth-order valence-electron chi connectivity index (χ4n) is 1.70. The first-order valence-corrected chi connectivity index (χ1v) is 6.22. The summed E-state index contributed by atoms with van der Waals surface area (Å²) in [6.07, 6.45) is 0.668. The summed E-state index contributed by atoms with van der Waals surface area (Å²) >= 11 is 0. The quantitative estimate of drug-likeness (QED) is 0.407. The van der Waals surface area contributed by atoms with E-state index in [-0.39, 0.29) is 12.4 Å². The van der Waals surface area contributed by atoms with E-state index in [2.05, 4.69) is 10.6 Å². The molecule has 0 saturated carbocycles. The molecule has 0 saturated heterocycles. The summed E-state index contributed by atoms with van der Waals surface area (Å²) in [4.78, 5) is 11.2. The van der Waals surface area contributed by atoms with Crippen LogP contribution in [0.25, 0.3) is 0 Å². The summed E-state index contributed by atoms with van der Waals surface area (Å²) in [6.45, 7) is 1.87. The lowest BCUT2D eigenvalue weighted by Gasteiger charge is -2.16. The Morgan fingerprint density at radius 2 is 1.95 bits per heavy atom. The van der Waals surface area contributed by atoms with Crippen LogP contribution < -0.4 is 10.6 Å². The maximum absolute atomic E-state index is 11.2. The maximum atomic E-state index is 11.2. The van der Waals surface area contributed by atoms with E-state index in [0.29, 0.717) is 31.6 Å². The molecule has 0 amide bonds. The predicted molar refractivity (Wildman–Crippen MR) is 71.1 cm³/mol. The number of aliphatic carboxylic acids is 1. The van der Waals surface area contributed by atoms with Gasteiger partial charge in [-0.15, -0.1) is 0 Å². The second-order valence-corrected chi connectivity index (χ2v) is 4.11. The molecule has 0 heterocycles. The Hall–Kier alpha value is -1.63. The maximum Gasteiger partial charge on any atom is 0.325 e. The monoisotopic (exact) mass is 268 g/mol. The topological polar surface area (TPSA) is 102 Å². The SMILES string of the molecule is O=C(O)C(NCCNCCCO)c1ccccc1O. The minimum absolute atomic E-state index is 0.0318. The molecule has 0 bridgehead atoms. The number of hydrogen-bond donors (Lipinski definition) is 5. The Balaban J connectivity index is 2.46. The number of phenols is 1. The summed E-state index contributed by atoms with van der Waals surface area (Å²) in [5, 5.41) is 33.4. The molecule has 1 rings (SSSR count). The first-order valence-electron chi connectivity index (χ1n) is 6.22. The molecule has 0 aliphatic heterocycles. The third-order valence-corrected chi connectivity index (χ3v) is 2.66. The van der Waals surface area contributed by atoms with Crippen LogP contribution in [0.15, 0.2) is 24.3 Å². The fourth-order valence-corrected chi connectivity index (χ4v) is 1.70. The number of phenolic OH excluding ortho intramolecular Hbond substituents is 1. The molecule has 19 heavy (non-hydrogen) atoms. The van der Waals surface area contributed by atoms with E-state index >= 15 is 0 Å². The van der Waals surface area contributed by atoms with Gasteiger partial charge in [-0.3, -0.25) is 10.1 Å². The van der Waals surface area contributed by atoms with Gasteiger partial charge in [0.05, 0.1) is 0 Å². The van der Waals surface area contributed by atoms with Crippen LogP contribution in [0.1, 0.15) is 18.0 Å². The number of carboxylic acids is 1. The van der Waals surface area contributed by atoms with E-state index in [0.717, 1.165) is 0 Å². The van der Waals surface area contributed by atoms with Crippen LogP contribution in [0.5, 0.6) is 5.75 Å². The third-order valence-electron chi connectivity index (χ3n) is 2.66. The molecular weight excluding hydrogens is 248 g/mol. The summed E-state index contributed by atoms with van der Waals surface area (Å²) < 4.78 is 0. The summed E-state index contributed by atoms with van der Waals surface area (Å²) in [6, 6.07) is 5.45. The predicted octanol–water partition coefficient (Wildman–Crippen LogP) is 0.0795. The second kappa shape index (κ2) is 8.47. The number of hydrogen-bond acceptors (Lipinski definition) is 5. The molecule has 0 fully saturated rings. The zero-order valence-corrected chi connectivity index (χ0v) is 10.7. The van der Waals surface area contributed by atoms with Gasteiger partial charge in [-0.1, -0.05) is 18.2 Å². The molecule has 1 aromatic rings. The first kappa shape index (κ1) is 15.4. The van der Waals surface area contributed by atoms with Crippen LogP contribution in [0.3, 0.4) is 0 Å². The zero-order chi connectivity index (χ0) is 14.1. The molecule has 5 N–H and O–H groups in total. The van der Waals surface area contributed by atoms with Gasteiger partial charge in [-0.2, -0.15) is 0 Å². The number of aliphatic hydroxyl groups is 1. The van der Waals surface area contributed by atoms with Crippen molar-refractivity contribution in [3.05, 3.63) is 29.8 Å². The van der Waals surface area contributed by atoms with E-state index in [1.54, 1.807) is 18.2 Å². The molecular formula is C13H20N2O4. The Kier molecular flexibility index (Phi) is 6.88. The highest BCUT2D eigenvalue weighted by atomic mass is 16.4. The number of para-hydroxylation sites is 1. The summed E-state index contributed by atoms with van der Waals surface area (Å²) in [5.41, 5.74) is 0.352. The highest BCUT2D eigenvalue weighted by Crippen LogP contribution is 2.23. The van der Waals surface area contributed by atoms with Crippen LogP contribution >= 0.6 is 0 Å². The number of aliphatic hydroxyl groups excluding tert-OH is 1. The molecule has 0 aliphatic carbocycles. The van der Waals surface area contributed by atoms with Crippen LogP contribution in [-0.4, -0.2) is 47.5 Å². The van der Waals surface area contributed by atoms with Gasteiger partial charge in [0.1, 0.15) is 11.8 Å². The third kappa shape index (κ3) is 5.25. The molecule has 6 nitrogen and oxygen atoms in total. The average Bonchev–Trinajstić information content (AvgIpc) is 2.39. The zero-order valence-electron chi connectivity index (χ0n) is 10.7. The van der Waals surface area contributed by atoms with Crippen molar-refractivity contribution in [1.82, 2.24) is 10.6 Å². The molecule has 6 heteroatoms. The smallest absolute Gasteiger partial charge is 0.325 e. The fraction of sp³-hybridized carbons (Fsp3) is 0.462. The van der Waals surface area contributed by atoms with Crippen molar-refractivity contribution in [2.75, 3.05) is 26.2 Å². The molecule has 0 radical (unpaired) electrons. The van der Waals surface area contributed by atoms with Crippen molar-refractivity contribution < 1.29 is 20.1 Å². The van der Waals surface area contributed by atoms with Crippen LogP contribution in [-0.2, 0) is 4.79 Å². The number of benzene rings is 1. The lowest BCUT2D eigenvalue weighted by Crippen LogP contribution is -2.34. The Bertz CT molecular complexity index is 398. The average molecular weight is 268 g/mol. The van der Waals surface area contributed by atoms with Gasteiger partial charge in [-0.25, -0.2) is 0 Å². The Labute approximate surface area is 112 Å². The highest BCUT2D eigenvalue weighted by molar-refractivity contribution is 5.76. The van der Waals surface area contributed by atoms with Crippen molar-refractivity contribution in [2.45, 2.75) is 12.5 Å². The summed E-state index contributed by atoms with van der Waals surface area (Å²) in [5.74, 6) is -1.06. The molecule has 106 valence electrons. The van der Waals surface area contributed by atoms with E-state index in [1.807, 2.05) is 0 Å². The Morgan fingerprint density at radius 1 is 1.21 bits per heavy atom. The van der Waals surface area contributed by atoms with Gasteiger partial charge in [0.25, 0.3) is 0 Å². The summed E-state index contributed by atoms with van der Waals surface area (Å²) in [7, 11) is 0. The Morgan fingerprint density at radius 3 is 2.58 bits per heavy atom. The number of aromatic hydroxyl groups is 1. The first-order chi connectivity index (χ1) is 9.16. The van der Waals surface area contributed by atoms with E-state index in [4.69, 9.17) is 10.2 Å². The van der Waals surface area contributed by atoms with Crippen molar-refractivity contribution in [1.29, 1.82) is 0 Å². The van der Waals surface area contributed by atoms with Gasteiger partial charge in [0.15, 0.2) is 0 Å². The van der Waals surface area contributed by atoms with Crippen molar-refractivity contribution in [2.24, 2.45) is 0 Å².